The summed E-state index contributed by atoms with van der Waals surface area (Å²) >= 11 is 0. The van der Waals surface area contributed by atoms with Crippen LogP contribution in [0.15, 0.2) is 36.4 Å². The van der Waals surface area contributed by atoms with Gasteiger partial charge in [-0.05, 0) is 24.3 Å². The molecule has 0 N–H and O–H groups in total. The molecule has 0 saturated heterocycles. The maximum atomic E-state index is 10.8. The van der Waals surface area contributed by atoms with Crippen LogP contribution in [0.4, 0.5) is 5.69 Å². The number of hydrogen-bond acceptors (Lipinski definition) is 4. The molecule has 0 aliphatic rings. The second-order valence-electron chi connectivity index (χ2n) is 3.78. The van der Waals surface area contributed by atoms with Crippen LogP contribution in [0, 0.1) is 16.2 Å². The standard InChI is InChI=1S/C14H12NO4/c1-18-12-6-7-13(14(9-12)19-2)10-4-3-5-11(8-10)15(16)17/h3,5-9H,1-2H3. The second-order valence-corrected chi connectivity index (χ2v) is 3.78. The Hall–Kier alpha value is -2.56. The van der Waals surface area contributed by atoms with Gasteiger partial charge in [0.15, 0.2) is 0 Å². The van der Waals surface area contributed by atoms with E-state index in [4.69, 9.17) is 9.47 Å². The Kier molecular flexibility index (Phi) is 3.66. The summed E-state index contributed by atoms with van der Waals surface area (Å²) in [7, 11) is 3.10. The zero-order chi connectivity index (χ0) is 13.8. The van der Waals surface area contributed by atoms with Crippen molar-refractivity contribution in [1.82, 2.24) is 0 Å². The van der Waals surface area contributed by atoms with Crippen molar-refractivity contribution < 1.29 is 14.4 Å². The van der Waals surface area contributed by atoms with Gasteiger partial charge in [-0.3, -0.25) is 10.1 Å². The van der Waals surface area contributed by atoms with Gasteiger partial charge >= 0.3 is 0 Å². The predicted molar refractivity (Wildman–Crippen MR) is 70.5 cm³/mol. The van der Waals surface area contributed by atoms with Crippen LogP contribution in [-0.2, 0) is 0 Å². The van der Waals surface area contributed by atoms with Gasteiger partial charge < -0.3 is 9.47 Å². The van der Waals surface area contributed by atoms with Crippen LogP contribution in [-0.4, -0.2) is 19.1 Å². The summed E-state index contributed by atoms with van der Waals surface area (Å²) in [4.78, 5) is 10.3. The van der Waals surface area contributed by atoms with Crippen molar-refractivity contribution in [3.8, 4) is 22.6 Å². The summed E-state index contributed by atoms with van der Waals surface area (Å²) < 4.78 is 10.4. The molecule has 0 bridgehead atoms. The molecule has 0 atom stereocenters. The minimum absolute atomic E-state index is 0.0200. The molecule has 0 aliphatic heterocycles. The normalized spacial score (nSPS) is 10.0. The lowest BCUT2D eigenvalue weighted by molar-refractivity contribution is -0.384. The number of nitro groups is 1. The van der Waals surface area contributed by atoms with E-state index in [9.17, 15) is 10.1 Å². The van der Waals surface area contributed by atoms with E-state index >= 15 is 0 Å². The molecule has 97 valence electrons. The lowest BCUT2D eigenvalue weighted by Crippen LogP contribution is -1.92. The number of rotatable bonds is 4. The van der Waals surface area contributed by atoms with E-state index < -0.39 is 4.92 Å². The minimum atomic E-state index is -0.437. The van der Waals surface area contributed by atoms with Gasteiger partial charge in [-0.25, -0.2) is 0 Å². The van der Waals surface area contributed by atoms with E-state index in [0.717, 1.165) is 5.56 Å². The van der Waals surface area contributed by atoms with Gasteiger partial charge in [-0.15, -0.1) is 0 Å². The van der Waals surface area contributed by atoms with Gasteiger partial charge in [0.25, 0.3) is 5.69 Å². The van der Waals surface area contributed by atoms with Crippen molar-refractivity contribution in [3.05, 3.63) is 52.6 Å². The number of nitro benzene ring substituents is 1. The molecule has 2 aromatic carbocycles. The van der Waals surface area contributed by atoms with E-state index in [1.807, 2.05) is 0 Å². The highest BCUT2D eigenvalue weighted by atomic mass is 16.6. The summed E-state index contributed by atoms with van der Waals surface area (Å²) in [6.07, 6.45) is 0. The first-order valence-corrected chi connectivity index (χ1v) is 5.54. The number of ether oxygens (including phenoxy) is 2. The average Bonchev–Trinajstić information content (AvgIpc) is 2.46. The Morgan fingerprint density at radius 1 is 1.16 bits per heavy atom. The highest BCUT2D eigenvalue weighted by Gasteiger charge is 2.11. The van der Waals surface area contributed by atoms with Gasteiger partial charge in [0.05, 0.1) is 19.1 Å². The van der Waals surface area contributed by atoms with Crippen LogP contribution < -0.4 is 9.47 Å². The Balaban J connectivity index is 2.52. The molecular weight excluding hydrogens is 246 g/mol. The summed E-state index contributed by atoms with van der Waals surface area (Å²) in [5.41, 5.74) is 1.35. The zero-order valence-electron chi connectivity index (χ0n) is 10.5. The van der Waals surface area contributed by atoms with E-state index in [1.54, 1.807) is 25.3 Å². The molecule has 0 unspecified atom stereocenters. The first-order valence-electron chi connectivity index (χ1n) is 5.54. The van der Waals surface area contributed by atoms with Gasteiger partial charge in [-0.2, -0.15) is 0 Å². The lowest BCUT2D eigenvalue weighted by atomic mass is 10.0. The summed E-state index contributed by atoms with van der Waals surface area (Å²) in [5.74, 6) is 1.24. The van der Waals surface area contributed by atoms with Crippen molar-refractivity contribution in [3.63, 3.8) is 0 Å². The molecular formula is C14H12NO4. The molecule has 1 radical (unpaired) electrons. The molecule has 0 fully saturated rings. The fourth-order valence-electron chi connectivity index (χ4n) is 1.74. The van der Waals surface area contributed by atoms with Crippen molar-refractivity contribution >= 4 is 5.69 Å². The lowest BCUT2D eigenvalue weighted by Gasteiger charge is -2.10. The van der Waals surface area contributed by atoms with E-state index in [2.05, 4.69) is 6.07 Å². The van der Waals surface area contributed by atoms with E-state index in [-0.39, 0.29) is 5.69 Å². The third-order valence-corrected chi connectivity index (χ3v) is 2.69. The highest BCUT2D eigenvalue weighted by Crippen LogP contribution is 2.34. The second kappa shape index (κ2) is 5.39. The Morgan fingerprint density at radius 3 is 2.58 bits per heavy atom. The molecule has 0 aliphatic carbocycles. The number of nitrogens with zero attached hydrogens (tertiary/aromatic N) is 1. The Bertz CT molecular complexity index is 610. The molecule has 0 heterocycles. The van der Waals surface area contributed by atoms with Crippen LogP contribution in [0.5, 0.6) is 11.5 Å². The smallest absolute Gasteiger partial charge is 0.270 e. The SMILES string of the molecule is COc1ccc(-c2[c]ccc([N+](=O)[O-])c2)c(OC)c1. The third-order valence-electron chi connectivity index (χ3n) is 2.69. The third kappa shape index (κ3) is 2.65. The minimum Gasteiger partial charge on any atom is -0.497 e. The van der Waals surface area contributed by atoms with Gasteiger partial charge in [0.1, 0.15) is 11.5 Å². The van der Waals surface area contributed by atoms with Crippen LogP contribution in [0.25, 0.3) is 11.1 Å². The maximum absolute atomic E-state index is 10.8. The van der Waals surface area contributed by atoms with E-state index in [0.29, 0.717) is 17.1 Å². The van der Waals surface area contributed by atoms with E-state index in [1.165, 1.54) is 25.3 Å². The van der Waals surface area contributed by atoms with Gasteiger partial charge in [-0.1, -0.05) is 0 Å². The summed E-state index contributed by atoms with van der Waals surface area (Å²) in [6.45, 7) is 0. The van der Waals surface area contributed by atoms with Crippen molar-refractivity contribution in [2.75, 3.05) is 14.2 Å². The summed E-state index contributed by atoms with van der Waals surface area (Å²) in [5, 5.41) is 10.8. The van der Waals surface area contributed by atoms with Crippen molar-refractivity contribution in [2.45, 2.75) is 0 Å². The van der Waals surface area contributed by atoms with Crippen molar-refractivity contribution in [2.24, 2.45) is 0 Å². The molecule has 0 spiro atoms. The number of methoxy groups -OCH3 is 2. The monoisotopic (exact) mass is 258 g/mol. The Labute approximate surface area is 110 Å². The average molecular weight is 258 g/mol. The molecule has 19 heavy (non-hydrogen) atoms. The largest absolute Gasteiger partial charge is 0.497 e. The maximum Gasteiger partial charge on any atom is 0.270 e. The number of benzene rings is 2. The topological polar surface area (TPSA) is 61.6 Å². The van der Waals surface area contributed by atoms with Crippen molar-refractivity contribution in [1.29, 1.82) is 0 Å². The fraction of sp³-hybridized carbons (Fsp3) is 0.143. The van der Waals surface area contributed by atoms with Gasteiger partial charge in [0.2, 0.25) is 0 Å². The molecule has 0 saturated carbocycles. The molecule has 5 heteroatoms. The first kappa shape index (κ1) is 12.9. The zero-order valence-corrected chi connectivity index (χ0v) is 10.5. The number of non-ortho nitro benzene ring substituents is 1. The highest BCUT2D eigenvalue weighted by molar-refractivity contribution is 5.72. The molecule has 5 nitrogen and oxygen atoms in total. The first-order chi connectivity index (χ1) is 9.15. The Morgan fingerprint density at radius 2 is 1.95 bits per heavy atom. The predicted octanol–water partition coefficient (Wildman–Crippen LogP) is 3.08. The molecule has 2 rings (SSSR count). The van der Waals surface area contributed by atoms with Crippen LogP contribution >= 0.6 is 0 Å². The summed E-state index contributed by atoms with van der Waals surface area (Å²) in [6, 6.07) is 12.6. The number of hydrogen-bond donors (Lipinski definition) is 0. The molecule has 0 aromatic heterocycles. The fourth-order valence-corrected chi connectivity index (χ4v) is 1.74. The van der Waals surface area contributed by atoms with Crippen LogP contribution in [0.2, 0.25) is 0 Å². The molecule has 2 aromatic rings. The van der Waals surface area contributed by atoms with Crippen LogP contribution in [0.3, 0.4) is 0 Å². The van der Waals surface area contributed by atoms with Crippen LogP contribution in [0.1, 0.15) is 0 Å². The van der Waals surface area contributed by atoms with Gasteiger partial charge in [0, 0.05) is 29.3 Å². The molecule has 0 amide bonds. The quantitative estimate of drug-likeness (QED) is 0.624.